The summed E-state index contributed by atoms with van der Waals surface area (Å²) in [5.74, 6) is -0.455. The highest BCUT2D eigenvalue weighted by atomic mass is 16.5. The molecule has 1 saturated heterocycles. The Labute approximate surface area is 181 Å². The maximum atomic E-state index is 13.6. The smallest absolute Gasteiger partial charge is 0.231 e. The summed E-state index contributed by atoms with van der Waals surface area (Å²) < 4.78 is 8.18. The number of aromatic nitrogens is 3. The summed E-state index contributed by atoms with van der Waals surface area (Å²) in [6, 6.07) is 10.2. The fourth-order valence-electron chi connectivity index (χ4n) is 4.69. The second-order valence-electron chi connectivity index (χ2n) is 8.57. The Morgan fingerprint density at radius 2 is 1.81 bits per heavy atom. The first kappa shape index (κ1) is 19.9. The van der Waals surface area contributed by atoms with Crippen LogP contribution in [-0.2, 0) is 27.3 Å². The zero-order chi connectivity index (χ0) is 21.3. The van der Waals surface area contributed by atoms with E-state index in [1.54, 1.807) is 17.1 Å². The molecule has 7 heteroatoms. The molecule has 1 aromatic carbocycles. The molecule has 2 heterocycles. The largest absolute Gasteiger partial charge is 0.347 e. The molecular formula is C24H26N4O3. The number of hydrogen-bond donors (Lipinski definition) is 0. The van der Waals surface area contributed by atoms with Gasteiger partial charge in [0.1, 0.15) is 0 Å². The van der Waals surface area contributed by atoms with Gasteiger partial charge in [0.15, 0.2) is 11.5 Å². The van der Waals surface area contributed by atoms with Crippen LogP contribution in [0.5, 0.6) is 0 Å². The minimum absolute atomic E-state index is 0.00540. The van der Waals surface area contributed by atoms with Crippen LogP contribution in [0.25, 0.3) is 0 Å². The van der Waals surface area contributed by atoms with Crippen LogP contribution < -0.4 is 0 Å². The van der Waals surface area contributed by atoms with Crippen LogP contribution in [0, 0.1) is 5.92 Å². The predicted octanol–water partition coefficient (Wildman–Crippen LogP) is 3.00. The molecule has 1 amide bonds. The monoisotopic (exact) mass is 418 g/mol. The molecule has 1 aromatic heterocycles. The minimum atomic E-state index is -1.03. The lowest BCUT2D eigenvalue weighted by Gasteiger charge is -2.46. The van der Waals surface area contributed by atoms with Crippen LogP contribution in [-0.4, -0.2) is 43.9 Å². The molecule has 0 bridgehead atoms. The number of carbonyl (C=O) groups is 2. The van der Waals surface area contributed by atoms with Gasteiger partial charge in [-0.1, -0.05) is 48.4 Å². The predicted molar refractivity (Wildman–Crippen MR) is 114 cm³/mol. The molecule has 1 aliphatic heterocycles. The van der Waals surface area contributed by atoms with Crippen LogP contribution >= 0.6 is 0 Å². The van der Waals surface area contributed by atoms with E-state index in [9.17, 15) is 9.59 Å². The first-order chi connectivity index (χ1) is 15.1. The van der Waals surface area contributed by atoms with Crippen LogP contribution in [0.2, 0.25) is 0 Å². The number of nitrogens with zero attached hydrogens (tertiary/aromatic N) is 4. The second-order valence-corrected chi connectivity index (χ2v) is 8.57. The molecular weight excluding hydrogens is 392 g/mol. The normalized spacial score (nSPS) is 23.2. The van der Waals surface area contributed by atoms with Crippen molar-refractivity contribution in [3.05, 3.63) is 72.1 Å². The zero-order valence-corrected chi connectivity index (χ0v) is 17.4. The van der Waals surface area contributed by atoms with Crippen LogP contribution in [0.3, 0.4) is 0 Å². The number of rotatable bonds is 5. The molecule has 2 aromatic rings. The molecule has 1 spiro atoms. The van der Waals surface area contributed by atoms with Gasteiger partial charge in [0.05, 0.1) is 24.3 Å². The van der Waals surface area contributed by atoms with Crippen molar-refractivity contribution in [2.24, 2.45) is 5.92 Å². The average Bonchev–Trinajstić information content (AvgIpc) is 3.48. The van der Waals surface area contributed by atoms with Gasteiger partial charge in [-0.2, -0.15) is 0 Å². The number of hydrogen-bond acceptors (Lipinski definition) is 5. The fraction of sp³-hybridized carbons (Fsp3) is 0.417. The summed E-state index contributed by atoms with van der Waals surface area (Å²) in [6.45, 7) is 0.664. The maximum absolute atomic E-state index is 13.6. The number of ketones is 1. The van der Waals surface area contributed by atoms with E-state index in [0.29, 0.717) is 19.0 Å². The number of carbonyl (C=O) groups excluding carboxylic acids is 2. The van der Waals surface area contributed by atoms with E-state index < -0.39 is 5.72 Å². The second kappa shape index (κ2) is 8.23. The van der Waals surface area contributed by atoms with Gasteiger partial charge in [-0.25, -0.2) is 4.68 Å². The Balaban J connectivity index is 1.37. The lowest BCUT2D eigenvalue weighted by Crippen LogP contribution is -2.59. The summed E-state index contributed by atoms with van der Waals surface area (Å²) in [5.41, 5.74) is 0.790. The van der Waals surface area contributed by atoms with Crippen molar-refractivity contribution < 1.29 is 14.3 Å². The highest BCUT2D eigenvalue weighted by Gasteiger charge is 2.45. The van der Waals surface area contributed by atoms with Gasteiger partial charge in [0.2, 0.25) is 5.91 Å². The molecule has 3 aliphatic rings. The van der Waals surface area contributed by atoms with E-state index in [1.165, 1.54) is 25.0 Å². The highest BCUT2D eigenvalue weighted by Crippen LogP contribution is 2.34. The van der Waals surface area contributed by atoms with Crippen molar-refractivity contribution in [1.82, 2.24) is 19.9 Å². The molecule has 31 heavy (non-hydrogen) atoms. The SMILES string of the molecule is O=C1C=CC2(C=C1)OCC(Cc1cn(C3CCCC3)nn1)C(=O)N2Cc1ccccc1. The van der Waals surface area contributed by atoms with Crippen LogP contribution in [0.4, 0.5) is 0 Å². The van der Waals surface area contributed by atoms with Gasteiger partial charge in [-0.05, 0) is 42.7 Å². The molecule has 2 aliphatic carbocycles. The molecule has 1 atom stereocenters. The standard InChI is InChI=1S/C24H26N4O3/c29-22-10-12-24(13-11-22)27(15-18-6-2-1-3-7-18)23(30)19(17-31-24)14-20-16-28(26-25-20)21-8-4-5-9-21/h1-3,6-7,10-13,16,19,21H,4-5,8-9,14-15,17H2. The fourth-order valence-corrected chi connectivity index (χ4v) is 4.69. The van der Waals surface area contributed by atoms with Crippen molar-refractivity contribution in [2.75, 3.05) is 6.61 Å². The molecule has 5 rings (SSSR count). The summed E-state index contributed by atoms with van der Waals surface area (Å²) in [7, 11) is 0. The minimum Gasteiger partial charge on any atom is -0.347 e. The molecule has 160 valence electrons. The highest BCUT2D eigenvalue weighted by molar-refractivity contribution is 6.01. The van der Waals surface area contributed by atoms with E-state index in [1.807, 2.05) is 41.2 Å². The Morgan fingerprint density at radius 1 is 1.06 bits per heavy atom. The molecule has 2 fully saturated rings. The topological polar surface area (TPSA) is 77.3 Å². The van der Waals surface area contributed by atoms with Gasteiger partial charge >= 0.3 is 0 Å². The Morgan fingerprint density at radius 3 is 2.55 bits per heavy atom. The van der Waals surface area contributed by atoms with Gasteiger partial charge in [0.25, 0.3) is 0 Å². The van der Waals surface area contributed by atoms with E-state index >= 15 is 0 Å². The number of benzene rings is 1. The van der Waals surface area contributed by atoms with Crippen LogP contribution in [0.15, 0.2) is 60.8 Å². The lowest BCUT2D eigenvalue weighted by atomic mass is 9.94. The third kappa shape index (κ3) is 3.97. The summed E-state index contributed by atoms with van der Waals surface area (Å²) >= 11 is 0. The molecule has 1 unspecified atom stereocenters. The average molecular weight is 418 g/mol. The van der Waals surface area contributed by atoms with E-state index in [4.69, 9.17) is 4.74 Å². The third-order valence-electron chi connectivity index (χ3n) is 6.42. The van der Waals surface area contributed by atoms with E-state index in [2.05, 4.69) is 10.3 Å². The number of allylic oxidation sites excluding steroid dienone is 2. The zero-order valence-electron chi connectivity index (χ0n) is 17.4. The first-order valence-corrected chi connectivity index (χ1v) is 11.0. The van der Waals surface area contributed by atoms with E-state index in [0.717, 1.165) is 24.1 Å². The van der Waals surface area contributed by atoms with Crippen molar-refractivity contribution in [1.29, 1.82) is 0 Å². The lowest BCUT2D eigenvalue weighted by molar-refractivity contribution is -0.182. The van der Waals surface area contributed by atoms with E-state index in [-0.39, 0.29) is 24.2 Å². The van der Waals surface area contributed by atoms with Crippen LogP contribution in [0.1, 0.15) is 43.0 Å². The number of ether oxygens (including phenoxy) is 1. The third-order valence-corrected chi connectivity index (χ3v) is 6.42. The maximum Gasteiger partial charge on any atom is 0.231 e. The van der Waals surface area contributed by atoms with Crippen molar-refractivity contribution in [2.45, 2.75) is 50.4 Å². The number of amides is 1. The Kier molecular flexibility index (Phi) is 5.28. The van der Waals surface area contributed by atoms with Gasteiger partial charge in [0, 0.05) is 19.2 Å². The van der Waals surface area contributed by atoms with Gasteiger partial charge < -0.3 is 9.64 Å². The van der Waals surface area contributed by atoms with Gasteiger partial charge in [-0.15, -0.1) is 5.10 Å². The van der Waals surface area contributed by atoms with Crippen molar-refractivity contribution in [3.8, 4) is 0 Å². The quantitative estimate of drug-likeness (QED) is 0.746. The van der Waals surface area contributed by atoms with Crippen molar-refractivity contribution in [3.63, 3.8) is 0 Å². The first-order valence-electron chi connectivity index (χ1n) is 11.0. The Bertz CT molecular complexity index is 1000. The summed E-state index contributed by atoms with van der Waals surface area (Å²) in [5, 5.41) is 8.63. The molecule has 0 radical (unpaired) electrons. The Hall–Kier alpha value is -3.06. The molecule has 7 nitrogen and oxygen atoms in total. The molecule has 1 saturated carbocycles. The van der Waals surface area contributed by atoms with Gasteiger partial charge in [-0.3, -0.25) is 9.59 Å². The van der Waals surface area contributed by atoms with Crippen molar-refractivity contribution >= 4 is 11.7 Å². The summed E-state index contributed by atoms with van der Waals surface area (Å²) in [4.78, 5) is 27.0. The molecule has 0 N–H and O–H groups in total. The summed E-state index contributed by atoms with van der Waals surface area (Å²) in [6.07, 6.45) is 13.5.